The average Bonchev–Trinajstić information content (AvgIpc) is 3.28. The topological polar surface area (TPSA) is 38.3 Å². The summed E-state index contributed by atoms with van der Waals surface area (Å²) < 4.78 is 4.78. The molecule has 1 aliphatic carbocycles. The first-order valence-corrected chi connectivity index (χ1v) is 7.14. The summed E-state index contributed by atoms with van der Waals surface area (Å²) in [4.78, 5) is 11.5. The van der Waals surface area contributed by atoms with Crippen molar-refractivity contribution in [3.8, 4) is 0 Å². The van der Waals surface area contributed by atoms with Crippen molar-refractivity contribution in [2.75, 3.05) is 13.7 Å². The second kappa shape index (κ2) is 6.71. The van der Waals surface area contributed by atoms with E-state index in [-0.39, 0.29) is 12.0 Å². The van der Waals surface area contributed by atoms with Gasteiger partial charge in [0.2, 0.25) is 0 Å². The molecule has 1 atom stereocenters. The van der Waals surface area contributed by atoms with Crippen LogP contribution in [0.4, 0.5) is 0 Å². The van der Waals surface area contributed by atoms with E-state index in [9.17, 15) is 4.79 Å². The lowest BCUT2D eigenvalue weighted by molar-refractivity contribution is -0.141. The Bertz CT molecular complexity index is 409. The minimum absolute atomic E-state index is 0.0562. The second-order valence-electron chi connectivity index (χ2n) is 5.23. The number of esters is 1. The third-order valence-corrected chi connectivity index (χ3v) is 3.63. The Morgan fingerprint density at radius 2 is 2.05 bits per heavy atom. The highest BCUT2D eigenvalue weighted by atomic mass is 16.5. The van der Waals surface area contributed by atoms with Gasteiger partial charge in [0.05, 0.1) is 13.5 Å². The van der Waals surface area contributed by atoms with Crippen LogP contribution in [0, 0.1) is 0 Å². The first-order valence-electron chi connectivity index (χ1n) is 7.14. The molecule has 0 radical (unpaired) electrons. The molecule has 2 rings (SSSR count). The standard InChI is InChI=1S/C16H23NO2/c1-3-10-17-15(11-16(18)19-2)14-8-6-13(7-9-14)12-4-5-12/h6-9,12,15,17H,3-5,10-11H2,1-2H3. The van der Waals surface area contributed by atoms with Crippen molar-refractivity contribution < 1.29 is 9.53 Å². The maximum atomic E-state index is 11.5. The summed E-state index contributed by atoms with van der Waals surface area (Å²) in [6, 6.07) is 8.74. The highest BCUT2D eigenvalue weighted by Gasteiger charge is 2.23. The van der Waals surface area contributed by atoms with Gasteiger partial charge in [-0.25, -0.2) is 0 Å². The summed E-state index contributed by atoms with van der Waals surface area (Å²) in [5.74, 6) is 0.608. The molecule has 0 saturated heterocycles. The molecule has 0 amide bonds. The maximum Gasteiger partial charge on any atom is 0.307 e. The highest BCUT2D eigenvalue weighted by Crippen LogP contribution is 2.40. The molecule has 3 heteroatoms. The summed E-state index contributed by atoms with van der Waals surface area (Å²) >= 11 is 0. The van der Waals surface area contributed by atoms with E-state index < -0.39 is 0 Å². The van der Waals surface area contributed by atoms with Gasteiger partial charge in [-0.1, -0.05) is 31.2 Å². The Morgan fingerprint density at radius 3 is 2.58 bits per heavy atom. The molecule has 1 N–H and O–H groups in total. The van der Waals surface area contributed by atoms with E-state index in [1.807, 2.05) is 0 Å². The number of hydrogen-bond acceptors (Lipinski definition) is 3. The van der Waals surface area contributed by atoms with Crippen molar-refractivity contribution in [1.29, 1.82) is 0 Å². The fraction of sp³-hybridized carbons (Fsp3) is 0.562. The van der Waals surface area contributed by atoms with Gasteiger partial charge in [0.25, 0.3) is 0 Å². The van der Waals surface area contributed by atoms with Crippen LogP contribution >= 0.6 is 0 Å². The molecule has 1 unspecified atom stereocenters. The number of benzene rings is 1. The van der Waals surface area contributed by atoms with Gasteiger partial charge in [0, 0.05) is 6.04 Å². The SMILES string of the molecule is CCCNC(CC(=O)OC)c1ccc(C2CC2)cc1. The molecule has 0 aliphatic heterocycles. The van der Waals surface area contributed by atoms with Crippen molar-refractivity contribution >= 4 is 5.97 Å². The average molecular weight is 261 g/mol. The second-order valence-corrected chi connectivity index (χ2v) is 5.23. The molecular weight excluding hydrogens is 238 g/mol. The number of rotatable bonds is 7. The summed E-state index contributed by atoms with van der Waals surface area (Å²) in [5, 5.41) is 3.41. The molecule has 0 spiro atoms. The molecule has 1 aromatic rings. The van der Waals surface area contributed by atoms with Crippen molar-refractivity contribution in [2.45, 2.75) is 44.6 Å². The van der Waals surface area contributed by atoms with Crippen LogP contribution in [0.1, 0.15) is 55.7 Å². The Hall–Kier alpha value is -1.35. The van der Waals surface area contributed by atoms with E-state index in [1.54, 1.807) is 0 Å². The fourth-order valence-electron chi connectivity index (χ4n) is 2.29. The molecule has 1 fully saturated rings. The zero-order valence-corrected chi connectivity index (χ0v) is 11.8. The highest BCUT2D eigenvalue weighted by molar-refractivity contribution is 5.70. The summed E-state index contributed by atoms with van der Waals surface area (Å²) in [6.07, 6.45) is 4.08. The number of hydrogen-bond donors (Lipinski definition) is 1. The van der Waals surface area contributed by atoms with Crippen molar-refractivity contribution in [3.63, 3.8) is 0 Å². The number of carbonyl (C=O) groups is 1. The summed E-state index contributed by atoms with van der Waals surface area (Å²) in [6.45, 7) is 3.03. The lowest BCUT2D eigenvalue weighted by Crippen LogP contribution is -2.25. The van der Waals surface area contributed by atoms with E-state index in [2.05, 4.69) is 36.5 Å². The van der Waals surface area contributed by atoms with Crippen LogP contribution in [-0.2, 0) is 9.53 Å². The Balaban J connectivity index is 2.04. The third kappa shape index (κ3) is 4.06. The van der Waals surface area contributed by atoms with Gasteiger partial charge in [0.15, 0.2) is 0 Å². The number of ether oxygens (including phenoxy) is 1. The van der Waals surface area contributed by atoms with Crippen molar-refractivity contribution in [2.24, 2.45) is 0 Å². The molecular formula is C16H23NO2. The predicted octanol–water partition coefficient (Wildman–Crippen LogP) is 3.17. The molecule has 3 nitrogen and oxygen atoms in total. The van der Waals surface area contributed by atoms with Crippen LogP contribution in [0.5, 0.6) is 0 Å². The Morgan fingerprint density at radius 1 is 1.37 bits per heavy atom. The van der Waals surface area contributed by atoms with Crippen molar-refractivity contribution in [1.82, 2.24) is 5.32 Å². The molecule has 1 aliphatic rings. The van der Waals surface area contributed by atoms with Gasteiger partial charge in [0.1, 0.15) is 0 Å². The molecule has 19 heavy (non-hydrogen) atoms. The molecule has 104 valence electrons. The largest absolute Gasteiger partial charge is 0.469 e. The van der Waals surface area contributed by atoms with Gasteiger partial charge in [-0.05, 0) is 42.9 Å². The number of carbonyl (C=O) groups excluding carboxylic acids is 1. The number of methoxy groups -OCH3 is 1. The van der Waals surface area contributed by atoms with Crippen LogP contribution in [0.3, 0.4) is 0 Å². The van der Waals surface area contributed by atoms with Gasteiger partial charge in [-0.2, -0.15) is 0 Å². The maximum absolute atomic E-state index is 11.5. The monoisotopic (exact) mass is 261 g/mol. The van der Waals surface area contributed by atoms with Gasteiger partial charge in [-0.15, -0.1) is 0 Å². The fourth-order valence-corrected chi connectivity index (χ4v) is 2.29. The summed E-state index contributed by atoms with van der Waals surface area (Å²) in [5.41, 5.74) is 2.60. The van der Waals surface area contributed by atoms with E-state index in [4.69, 9.17) is 4.74 Å². The van der Waals surface area contributed by atoms with Crippen LogP contribution in [-0.4, -0.2) is 19.6 Å². The lowest BCUT2D eigenvalue weighted by Gasteiger charge is -2.18. The van der Waals surface area contributed by atoms with Gasteiger partial charge in [-0.3, -0.25) is 4.79 Å². The normalized spacial score (nSPS) is 16.1. The van der Waals surface area contributed by atoms with Gasteiger partial charge < -0.3 is 10.1 Å². The van der Waals surface area contributed by atoms with Crippen molar-refractivity contribution in [3.05, 3.63) is 35.4 Å². The molecule has 1 aromatic carbocycles. The van der Waals surface area contributed by atoms with Crippen LogP contribution in [0.15, 0.2) is 24.3 Å². The molecule has 0 bridgehead atoms. The zero-order chi connectivity index (χ0) is 13.7. The quantitative estimate of drug-likeness (QED) is 0.766. The predicted molar refractivity (Wildman–Crippen MR) is 76.1 cm³/mol. The Kier molecular flexibility index (Phi) is 4.97. The minimum Gasteiger partial charge on any atom is -0.469 e. The van der Waals surface area contributed by atoms with E-state index in [0.29, 0.717) is 6.42 Å². The van der Waals surface area contributed by atoms with Crippen LogP contribution in [0.2, 0.25) is 0 Å². The Labute approximate surface area is 115 Å². The van der Waals surface area contributed by atoms with Gasteiger partial charge >= 0.3 is 5.97 Å². The van der Waals surface area contributed by atoms with Crippen LogP contribution in [0.25, 0.3) is 0 Å². The smallest absolute Gasteiger partial charge is 0.307 e. The minimum atomic E-state index is -0.167. The third-order valence-electron chi connectivity index (χ3n) is 3.63. The van der Waals surface area contributed by atoms with Crippen LogP contribution < -0.4 is 5.32 Å². The van der Waals surface area contributed by atoms with E-state index in [1.165, 1.54) is 31.1 Å². The lowest BCUT2D eigenvalue weighted by atomic mass is 10.0. The summed E-state index contributed by atoms with van der Waals surface area (Å²) in [7, 11) is 1.44. The molecule has 0 aromatic heterocycles. The first kappa shape index (κ1) is 14.1. The first-order chi connectivity index (χ1) is 9.24. The van der Waals surface area contributed by atoms with E-state index in [0.717, 1.165) is 18.9 Å². The van der Waals surface area contributed by atoms with E-state index >= 15 is 0 Å². The zero-order valence-electron chi connectivity index (χ0n) is 11.8. The molecule has 1 saturated carbocycles. The molecule has 0 heterocycles. The number of nitrogens with one attached hydrogen (secondary N) is 1.